The van der Waals surface area contributed by atoms with Crippen LogP contribution < -0.4 is 10.6 Å². The summed E-state index contributed by atoms with van der Waals surface area (Å²) in [5.41, 5.74) is 4.18. The number of halogens is 2. The second-order valence-electron chi connectivity index (χ2n) is 6.74. The van der Waals surface area contributed by atoms with Crippen LogP contribution in [0.4, 0.5) is 0 Å². The van der Waals surface area contributed by atoms with E-state index in [2.05, 4.69) is 52.5 Å². The van der Waals surface area contributed by atoms with Crippen molar-refractivity contribution in [3.63, 3.8) is 0 Å². The normalized spacial score (nSPS) is 27.7. The van der Waals surface area contributed by atoms with Gasteiger partial charge in [0.25, 0.3) is 0 Å². The quantitative estimate of drug-likeness (QED) is 0.803. The maximum absolute atomic E-state index is 5.66. The fourth-order valence-electron chi connectivity index (χ4n) is 4.04. The molecule has 0 bridgehead atoms. The van der Waals surface area contributed by atoms with Crippen molar-refractivity contribution in [1.82, 2.24) is 10.6 Å². The lowest BCUT2D eigenvalue weighted by Gasteiger charge is -2.33. The first-order chi connectivity index (χ1) is 10.6. The second kappa shape index (κ2) is 8.82. The van der Waals surface area contributed by atoms with E-state index in [4.69, 9.17) is 4.74 Å². The molecular formula is C18H28BrClN2O. The summed E-state index contributed by atoms with van der Waals surface area (Å²) in [5, 5.41) is 7.48. The van der Waals surface area contributed by atoms with E-state index in [9.17, 15) is 0 Å². The van der Waals surface area contributed by atoms with Gasteiger partial charge in [-0.15, -0.1) is 12.4 Å². The number of morpholine rings is 1. The van der Waals surface area contributed by atoms with Gasteiger partial charge in [0.2, 0.25) is 0 Å². The lowest BCUT2D eigenvalue weighted by molar-refractivity contribution is 0.0524. The van der Waals surface area contributed by atoms with E-state index in [-0.39, 0.29) is 12.4 Å². The third kappa shape index (κ3) is 4.70. The summed E-state index contributed by atoms with van der Waals surface area (Å²) in [6.45, 7) is 8.12. The molecule has 1 heterocycles. The molecule has 130 valence electrons. The van der Waals surface area contributed by atoms with Crippen LogP contribution in [0.5, 0.6) is 0 Å². The monoisotopic (exact) mass is 402 g/mol. The summed E-state index contributed by atoms with van der Waals surface area (Å²) in [5.74, 6) is 0.705. The summed E-state index contributed by atoms with van der Waals surface area (Å²) in [7, 11) is 0. The zero-order chi connectivity index (χ0) is 15.5. The van der Waals surface area contributed by atoms with E-state index in [0.29, 0.717) is 18.0 Å². The fourth-order valence-corrected chi connectivity index (χ4v) is 4.72. The molecule has 0 spiro atoms. The molecule has 3 rings (SSSR count). The van der Waals surface area contributed by atoms with Gasteiger partial charge in [0.05, 0.1) is 13.2 Å². The minimum absolute atomic E-state index is 0. The third-order valence-electron chi connectivity index (χ3n) is 5.24. The number of nitrogens with one attached hydrogen (secondary N) is 2. The largest absolute Gasteiger partial charge is 0.379 e. The van der Waals surface area contributed by atoms with Crippen LogP contribution in [0.3, 0.4) is 0 Å². The van der Waals surface area contributed by atoms with Gasteiger partial charge in [-0.1, -0.05) is 22.4 Å². The van der Waals surface area contributed by atoms with Crippen molar-refractivity contribution < 1.29 is 4.74 Å². The molecule has 0 radical (unpaired) electrons. The van der Waals surface area contributed by atoms with Crippen molar-refractivity contribution >= 4 is 28.3 Å². The van der Waals surface area contributed by atoms with E-state index >= 15 is 0 Å². The van der Waals surface area contributed by atoms with Gasteiger partial charge >= 0.3 is 0 Å². The van der Waals surface area contributed by atoms with Crippen LogP contribution >= 0.6 is 28.3 Å². The van der Waals surface area contributed by atoms with Crippen LogP contribution in [-0.2, 0) is 11.3 Å². The Morgan fingerprint density at radius 3 is 2.65 bits per heavy atom. The Bertz CT molecular complexity index is 497. The minimum atomic E-state index is 0. The molecule has 2 N–H and O–H groups in total. The molecule has 1 saturated heterocycles. The molecule has 2 fully saturated rings. The van der Waals surface area contributed by atoms with E-state index in [1.54, 1.807) is 0 Å². The Morgan fingerprint density at radius 2 is 2.00 bits per heavy atom. The Hall–Kier alpha value is -0.130. The van der Waals surface area contributed by atoms with E-state index in [1.165, 1.54) is 40.4 Å². The number of hydrogen-bond acceptors (Lipinski definition) is 3. The predicted molar refractivity (Wildman–Crippen MR) is 101 cm³/mol. The van der Waals surface area contributed by atoms with Crippen molar-refractivity contribution in [3.05, 3.63) is 33.3 Å². The van der Waals surface area contributed by atoms with Gasteiger partial charge in [-0.05, 0) is 61.4 Å². The van der Waals surface area contributed by atoms with Gasteiger partial charge in [-0.25, -0.2) is 0 Å². The molecule has 1 aromatic rings. The molecule has 0 aromatic heterocycles. The average molecular weight is 404 g/mol. The van der Waals surface area contributed by atoms with Crippen molar-refractivity contribution in [1.29, 1.82) is 0 Å². The highest BCUT2D eigenvalue weighted by atomic mass is 79.9. The molecule has 1 aliphatic carbocycles. The molecule has 1 aromatic carbocycles. The van der Waals surface area contributed by atoms with Crippen LogP contribution in [0.25, 0.3) is 0 Å². The lowest BCUT2D eigenvalue weighted by Crippen LogP contribution is -2.50. The minimum Gasteiger partial charge on any atom is -0.379 e. The van der Waals surface area contributed by atoms with Gasteiger partial charge in [0.1, 0.15) is 0 Å². The van der Waals surface area contributed by atoms with Crippen molar-refractivity contribution in [3.8, 4) is 0 Å². The van der Waals surface area contributed by atoms with Gasteiger partial charge in [0, 0.05) is 29.6 Å². The van der Waals surface area contributed by atoms with Crippen LogP contribution in [0.2, 0.25) is 0 Å². The van der Waals surface area contributed by atoms with Crippen LogP contribution in [0, 0.1) is 19.8 Å². The van der Waals surface area contributed by atoms with Gasteiger partial charge < -0.3 is 15.4 Å². The SMILES string of the molecule is Cc1cc(Br)cc(C)c1CNC1CCCC1C1COCCN1.Cl. The summed E-state index contributed by atoms with van der Waals surface area (Å²) >= 11 is 3.58. The summed E-state index contributed by atoms with van der Waals surface area (Å²) in [6.07, 6.45) is 3.94. The lowest BCUT2D eigenvalue weighted by atomic mass is 9.93. The first-order valence-electron chi connectivity index (χ1n) is 8.45. The average Bonchev–Trinajstić information content (AvgIpc) is 2.95. The van der Waals surface area contributed by atoms with Crippen molar-refractivity contribution in [2.24, 2.45) is 5.92 Å². The summed E-state index contributed by atoms with van der Waals surface area (Å²) < 4.78 is 6.84. The molecular weight excluding hydrogens is 376 g/mol. The molecule has 0 amide bonds. The van der Waals surface area contributed by atoms with Crippen LogP contribution in [-0.4, -0.2) is 31.8 Å². The third-order valence-corrected chi connectivity index (χ3v) is 5.70. The smallest absolute Gasteiger partial charge is 0.0623 e. The van der Waals surface area contributed by atoms with Crippen LogP contribution in [0.1, 0.15) is 36.0 Å². The maximum Gasteiger partial charge on any atom is 0.0623 e. The first-order valence-corrected chi connectivity index (χ1v) is 9.24. The number of benzene rings is 1. The molecule has 1 aliphatic heterocycles. The Kier molecular flexibility index (Phi) is 7.36. The molecule has 1 saturated carbocycles. The molecule has 3 atom stereocenters. The number of aryl methyl sites for hydroxylation is 2. The highest BCUT2D eigenvalue weighted by Gasteiger charge is 2.34. The molecule has 3 unspecified atom stereocenters. The molecule has 3 nitrogen and oxygen atoms in total. The zero-order valence-corrected chi connectivity index (χ0v) is 16.4. The highest BCUT2D eigenvalue weighted by Crippen LogP contribution is 2.30. The topological polar surface area (TPSA) is 33.3 Å². The fraction of sp³-hybridized carbons (Fsp3) is 0.667. The summed E-state index contributed by atoms with van der Waals surface area (Å²) in [4.78, 5) is 0. The molecule has 23 heavy (non-hydrogen) atoms. The summed E-state index contributed by atoms with van der Waals surface area (Å²) in [6, 6.07) is 5.57. The Morgan fingerprint density at radius 1 is 1.26 bits per heavy atom. The number of hydrogen-bond donors (Lipinski definition) is 2. The Labute approximate surface area is 154 Å². The van der Waals surface area contributed by atoms with Gasteiger partial charge in [-0.2, -0.15) is 0 Å². The second-order valence-corrected chi connectivity index (χ2v) is 7.65. The maximum atomic E-state index is 5.66. The van der Waals surface area contributed by atoms with Gasteiger partial charge in [-0.3, -0.25) is 0 Å². The number of ether oxygens (including phenoxy) is 1. The van der Waals surface area contributed by atoms with E-state index in [1.807, 2.05) is 0 Å². The zero-order valence-electron chi connectivity index (χ0n) is 14.0. The number of rotatable bonds is 4. The molecule has 5 heteroatoms. The standard InChI is InChI=1S/C18H27BrN2O.ClH/c1-12-8-14(19)9-13(2)16(12)10-21-17-5-3-4-15(17)18-11-22-7-6-20-18;/h8-9,15,17-18,20-21H,3-7,10-11H2,1-2H3;1H. The molecule has 2 aliphatic rings. The van der Waals surface area contributed by atoms with E-state index in [0.717, 1.165) is 26.3 Å². The van der Waals surface area contributed by atoms with Crippen molar-refractivity contribution in [2.45, 2.75) is 51.7 Å². The predicted octanol–water partition coefficient (Wildman–Crippen LogP) is 3.73. The van der Waals surface area contributed by atoms with Crippen LogP contribution in [0.15, 0.2) is 16.6 Å². The van der Waals surface area contributed by atoms with Gasteiger partial charge in [0.15, 0.2) is 0 Å². The van der Waals surface area contributed by atoms with E-state index < -0.39 is 0 Å². The Balaban J connectivity index is 0.00000192. The van der Waals surface area contributed by atoms with Crippen molar-refractivity contribution in [2.75, 3.05) is 19.8 Å². The highest BCUT2D eigenvalue weighted by molar-refractivity contribution is 9.10. The first kappa shape index (κ1) is 19.2.